The van der Waals surface area contributed by atoms with E-state index < -0.39 is 14.9 Å². The second-order valence-corrected chi connectivity index (χ2v) is 7.59. The number of hydrogen-bond acceptors (Lipinski definition) is 4. The molecule has 0 unspecified atom stereocenters. The summed E-state index contributed by atoms with van der Waals surface area (Å²) in [6, 6.07) is 8.14. The normalized spacial score (nSPS) is 11.3. The van der Waals surface area contributed by atoms with Crippen LogP contribution in [0.4, 0.5) is 11.4 Å². The van der Waals surface area contributed by atoms with Crippen LogP contribution in [0.15, 0.2) is 41.3 Å². The van der Waals surface area contributed by atoms with Crippen LogP contribution in [-0.4, -0.2) is 20.4 Å². The molecular formula is C14H12Cl2N2O4S. The highest BCUT2D eigenvalue weighted by Gasteiger charge is 2.26. The zero-order valence-corrected chi connectivity index (χ0v) is 14.5. The van der Waals surface area contributed by atoms with Gasteiger partial charge in [0.15, 0.2) is 0 Å². The molecule has 0 aromatic heterocycles. The molecule has 0 aliphatic heterocycles. The summed E-state index contributed by atoms with van der Waals surface area (Å²) in [5, 5.41) is 11.5. The van der Waals surface area contributed by atoms with Crippen molar-refractivity contribution in [3.63, 3.8) is 0 Å². The Morgan fingerprint density at radius 1 is 1.13 bits per heavy atom. The van der Waals surface area contributed by atoms with E-state index in [4.69, 9.17) is 23.2 Å². The van der Waals surface area contributed by atoms with Crippen molar-refractivity contribution in [1.82, 2.24) is 0 Å². The van der Waals surface area contributed by atoms with Crippen LogP contribution in [0, 0.1) is 17.0 Å². The Morgan fingerprint density at radius 3 is 2.39 bits per heavy atom. The Hall–Kier alpha value is -1.83. The summed E-state index contributed by atoms with van der Waals surface area (Å²) in [6.45, 7) is 1.53. The summed E-state index contributed by atoms with van der Waals surface area (Å²) < 4.78 is 26.3. The topological polar surface area (TPSA) is 80.5 Å². The summed E-state index contributed by atoms with van der Waals surface area (Å²) in [5.41, 5.74) is 0.288. The molecule has 2 aromatic carbocycles. The lowest BCUT2D eigenvalue weighted by atomic mass is 10.2. The van der Waals surface area contributed by atoms with E-state index >= 15 is 0 Å². The third kappa shape index (κ3) is 3.41. The number of sulfonamides is 1. The minimum absolute atomic E-state index is 0.183. The maximum Gasteiger partial charge on any atom is 0.273 e. The molecule has 23 heavy (non-hydrogen) atoms. The first-order valence-electron chi connectivity index (χ1n) is 6.33. The highest BCUT2D eigenvalue weighted by Crippen LogP contribution is 2.32. The Kier molecular flexibility index (Phi) is 4.84. The molecule has 0 bridgehead atoms. The maximum atomic E-state index is 12.7. The zero-order valence-electron chi connectivity index (χ0n) is 12.2. The van der Waals surface area contributed by atoms with Crippen molar-refractivity contribution in [2.24, 2.45) is 0 Å². The van der Waals surface area contributed by atoms with Crippen LogP contribution < -0.4 is 4.31 Å². The molecule has 0 aliphatic carbocycles. The monoisotopic (exact) mass is 374 g/mol. The SMILES string of the molecule is Cc1ccc(S(=O)(=O)N(C)c2cc(Cl)ccc2Cl)cc1[N+](=O)[O-]. The van der Waals surface area contributed by atoms with Gasteiger partial charge in [0.05, 0.1) is 20.5 Å². The van der Waals surface area contributed by atoms with Gasteiger partial charge in [0.2, 0.25) is 0 Å². The number of aryl methyl sites for hydroxylation is 1. The molecule has 0 radical (unpaired) electrons. The highest BCUT2D eigenvalue weighted by atomic mass is 35.5. The molecule has 0 spiro atoms. The predicted molar refractivity (Wildman–Crippen MR) is 89.9 cm³/mol. The van der Waals surface area contributed by atoms with E-state index in [0.717, 1.165) is 10.4 Å². The smallest absolute Gasteiger partial charge is 0.268 e. The number of benzene rings is 2. The molecule has 0 heterocycles. The largest absolute Gasteiger partial charge is 0.273 e. The first-order valence-corrected chi connectivity index (χ1v) is 8.53. The van der Waals surface area contributed by atoms with Crippen LogP contribution >= 0.6 is 23.2 Å². The van der Waals surface area contributed by atoms with Crippen molar-refractivity contribution in [3.05, 3.63) is 62.1 Å². The average molecular weight is 375 g/mol. The van der Waals surface area contributed by atoms with E-state index in [1.165, 1.54) is 44.3 Å². The highest BCUT2D eigenvalue weighted by molar-refractivity contribution is 7.92. The number of nitrogens with zero attached hydrogens (tertiary/aromatic N) is 2. The number of rotatable bonds is 4. The summed E-state index contributed by atoms with van der Waals surface area (Å²) in [7, 11) is -2.71. The van der Waals surface area contributed by atoms with Crippen molar-refractivity contribution in [1.29, 1.82) is 0 Å². The number of halogens is 2. The van der Waals surface area contributed by atoms with Crippen molar-refractivity contribution in [2.75, 3.05) is 11.4 Å². The van der Waals surface area contributed by atoms with Gasteiger partial charge in [0.25, 0.3) is 15.7 Å². The Labute approximate surface area is 143 Å². The van der Waals surface area contributed by atoms with Gasteiger partial charge in [-0.05, 0) is 31.2 Å². The minimum Gasteiger partial charge on any atom is -0.268 e. The minimum atomic E-state index is -4.02. The molecule has 2 rings (SSSR count). The summed E-state index contributed by atoms with van der Waals surface area (Å²) in [5.74, 6) is 0. The van der Waals surface area contributed by atoms with Gasteiger partial charge in [-0.25, -0.2) is 8.42 Å². The van der Waals surface area contributed by atoms with Crippen LogP contribution in [0.25, 0.3) is 0 Å². The number of nitro benzene ring substituents is 1. The molecule has 0 saturated carbocycles. The van der Waals surface area contributed by atoms with Gasteiger partial charge in [0.1, 0.15) is 0 Å². The van der Waals surface area contributed by atoms with E-state index in [1.807, 2.05) is 0 Å². The second kappa shape index (κ2) is 6.35. The van der Waals surface area contributed by atoms with Gasteiger partial charge in [0, 0.05) is 23.7 Å². The van der Waals surface area contributed by atoms with Gasteiger partial charge in [-0.1, -0.05) is 29.3 Å². The third-order valence-electron chi connectivity index (χ3n) is 3.28. The van der Waals surface area contributed by atoms with Crippen molar-refractivity contribution in [2.45, 2.75) is 11.8 Å². The maximum absolute atomic E-state index is 12.7. The van der Waals surface area contributed by atoms with E-state index in [0.29, 0.717) is 10.6 Å². The van der Waals surface area contributed by atoms with Gasteiger partial charge in [-0.15, -0.1) is 0 Å². The molecule has 0 atom stereocenters. The standard InChI is InChI=1S/C14H12Cl2N2O4S/c1-9-3-5-11(8-13(9)18(19)20)23(21,22)17(2)14-7-10(15)4-6-12(14)16/h3-8H,1-2H3. The van der Waals surface area contributed by atoms with Crippen LogP contribution in [-0.2, 0) is 10.0 Å². The van der Waals surface area contributed by atoms with Crippen molar-refractivity contribution >= 4 is 44.6 Å². The van der Waals surface area contributed by atoms with Gasteiger partial charge >= 0.3 is 0 Å². The fourth-order valence-electron chi connectivity index (χ4n) is 1.96. The Balaban J connectivity index is 2.56. The predicted octanol–water partition coefficient (Wildman–Crippen LogP) is 4.04. The first kappa shape index (κ1) is 17.5. The van der Waals surface area contributed by atoms with E-state index in [1.54, 1.807) is 0 Å². The molecular weight excluding hydrogens is 363 g/mol. The Bertz CT molecular complexity index is 884. The number of anilines is 1. The molecule has 6 nitrogen and oxygen atoms in total. The molecule has 122 valence electrons. The quantitative estimate of drug-likeness (QED) is 0.597. The zero-order chi connectivity index (χ0) is 17.4. The lowest BCUT2D eigenvalue weighted by Gasteiger charge is -2.21. The van der Waals surface area contributed by atoms with Gasteiger partial charge in [-0.2, -0.15) is 0 Å². The molecule has 0 N–H and O–H groups in total. The molecule has 0 saturated heterocycles. The lowest BCUT2D eigenvalue weighted by Crippen LogP contribution is -2.27. The fourth-order valence-corrected chi connectivity index (χ4v) is 3.65. The van der Waals surface area contributed by atoms with Crippen LogP contribution in [0.1, 0.15) is 5.56 Å². The number of nitro groups is 1. The van der Waals surface area contributed by atoms with Crippen LogP contribution in [0.3, 0.4) is 0 Å². The van der Waals surface area contributed by atoms with Crippen molar-refractivity contribution < 1.29 is 13.3 Å². The first-order chi connectivity index (χ1) is 10.6. The van der Waals surface area contributed by atoms with E-state index in [-0.39, 0.29) is 21.3 Å². The summed E-state index contributed by atoms with van der Waals surface area (Å²) in [4.78, 5) is 10.2. The fraction of sp³-hybridized carbons (Fsp3) is 0.143. The average Bonchev–Trinajstić information content (AvgIpc) is 2.48. The molecule has 0 amide bonds. The molecule has 0 aliphatic rings. The number of hydrogen-bond donors (Lipinski definition) is 0. The summed E-state index contributed by atoms with van der Waals surface area (Å²) >= 11 is 11.9. The second-order valence-electron chi connectivity index (χ2n) is 4.77. The molecule has 9 heteroatoms. The van der Waals surface area contributed by atoms with Gasteiger partial charge in [-0.3, -0.25) is 14.4 Å². The van der Waals surface area contributed by atoms with Crippen molar-refractivity contribution in [3.8, 4) is 0 Å². The van der Waals surface area contributed by atoms with E-state index in [2.05, 4.69) is 0 Å². The van der Waals surface area contributed by atoms with Gasteiger partial charge < -0.3 is 0 Å². The molecule has 2 aromatic rings. The van der Waals surface area contributed by atoms with Crippen LogP contribution in [0.2, 0.25) is 10.0 Å². The Morgan fingerprint density at radius 2 is 1.78 bits per heavy atom. The lowest BCUT2D eigenvalue weighted by molar-refractivity contribution is -0.385. The van der Waals surface area contributed by atoms with E-state index in [9.17, 15) is 18.5 Å². The van der Waals surface area contributed by atoms with Crippen LogP contribution in [0.5, 0.6) is 0 Å². The third-order valence-corrected chi connectivity index (χ3v) is 5.61. The summed E-state index contributed by atoms with van der Waals surface area (Å²) in [6.07, 6.45) is 0. The molecule has 0 fully saturated rings.